The fourth-order valence-corrected chi connectivity index (χ4v) is 2.36. The van der Waals surface area contributed by atoms with Crippen molar-refractivity contribution in [3.05, 3.63) is 22.7 Å². The Morgan fingerprint density at radius 1 is 1.53 bits per heavy atom. The van der Waals surface area contributed by atoms with Gasteiger partial charge in [0.15, 0.2) is 5.75 Å². The van der Waals surface area contributed by atoms with Gasteiger partial charge in [-0.05, 0) is 40.9 Å². The molecule has 17 heavy (non-hydrogen) atoms. The lowest BCUT2D eigenvalue weighted by molar-refractivity contribution is -0.129. The maximum absolute atomic E-state index is 12.1. The fourth-order valence-electron chi connectivity index (χ4n) is 2.00. The first-order valence-electron chi connectivity index (χ1n) is 5.58. The molecule has 1 aromatic rings. The second-order valence-corrected chi connectivity index (χ2v) is 5.28. The van der Waals surface area contributed by atoms with Gasteiger partial charge < -0.3 is 16.2 Å². The van der Waals surface area contributed by atoms with Crippen LogP contribution in [-0.4, -0.2) is 17.6 Å². The van der Waals surface area contributed by atoms with Crippen LogP contribution in [0.25, 0.3) is 0 Å². The number of anilines is 1. The van der Waals surface area contributed by atoms with Crippen LogP contribution in [0.15, 0.2) is 22.7 Å². The van der Waals surface area contributed by atoms with Crippen molar-refractivity contribution in [2.45, 2.75) is 19.3 Å². The lowest BCUT2D eigenvalue weighted by Gasteiger charge is -2.39. The van der Waals surface area contributed by atoms with E-state index in [1.165, 1.54) is 0 Å². The quantitative estimate of drug-likeness (QED) is 0.749. The Balaban J connectivity index is 2.16. The van der Waals surface area contributed by atoms with Gasteiger partial charge >= 0.3 is 0 Å². The Kier molecular flexibility index (Phi) is 3.40. The van der Waals surface area contributed by atoms with E-state index in [0.717, 1.165) is 19.3 Å². The predicted octanol–water partition coefficient (Wildman–Crippen LogP) is 2.22. The van der Waals surface area contributed by atoms with Crippen molar-refractivity contribution in [2.75, 3.05) is 11.9 Å². The van der Waals surface area contributed by atoms with Gasteiger partial charge in [-0.1, -0.05) is 12.5 Å². The summed E-state index contributed by atoms with van der Waals surface area (Å²) < 4.78 is 0.561. The van der Waals surface area contributed by atoms with Crippen LogP contribution in [0.5, 0.6) is 5.75 Å². The molecule has 0 spiro atoms. The minimum atomic E-state index is -0.436. The van der Waals surface area contributed by atoms with Gasteiger partial charge in [-0.15, -0.1) is 0 Å². The minimum Gasteiger partial charge on any atom is -0.505 e. The second-order valence-electron chi connectivity index (χ2n) is 4.43. The average Bonchev–Trinajstić information content (AvgIpc) is 2.24. The maximum Gasteiger partial charge on any atom is 0.231 e. The van der Waals surface area contributed by atoms with E-state index in [2.05, 4.69) is 21.2 Å². The van der Waals surface area contributed by atoms with Crippen LogP contribution in [0.2, 0.25) is 0 Å². The average molecular weight is 299 g/mol. The van der Waals surface area contributed by atoms with Crippen LogP contribution in [0.4, 0.5) is 5.69 Å². The SMILES string of the molecule is NCC1(C(=O)Nc2cccc(Br)c2O)CCC1. The van der Waals surface area contributed by atoms with Gasteiger partial charge in [0.2, 0.25) is 5.91 Å². The van der Waals surface area contributed by atoms with E-state index < -0.39 is 5.41 Å². The van der Waals surface area contributed by atoms with E-state index in [0.29, 0.717) is 16.7 Å². The maximum atomic E-state index is 12.1. The highest BCUT2D eigenvalue weighted by Gasteiger charge is 2.42. The Bertz CT molecular complexity index is 439. The monoisotopic (exact) mass is 298 g/mol. The molecule has 0 bridgehead atoms. The van der Waals surface area contributed by atoms with E-state index in [-0.39, 0.29) is 11.7 Å². The molecule has 0 aliphatic heterocycles. The zero-order chi connectivity index (χ0) is 12.5. The lowest BCUT2D eigenvalue weighted by atomic mass is 9.68. The van der Waals surface area contributed by atoms with Crippen molar-refractivity contribution in [3.63, 3.8) is 0 Å². The first-order valence-corrected chi connectivity index (χ1v) is 6.37. The summed E-state index contributed by atoms with van der Waals surface area (Å²) in [5.74, 6) is -0.0491. The highest BCUT2D eigenvalue weighted by molar-refractivity contribution is 9.10. The number of nitrogens with two attached hydrogens (primary N) is 1. The van der Waals surface area contributed by atoms with E-state index in [1.807, 2.05) is 0 Å². The molecule has 1 saturated carbocycles. The number of aromatic hydroxyl groups is 1. The summed E-state index contributed by atoms with van der Waals surface area (Å²) in [6, 6.07) is 5.14. The van der Waals surface area contributed by atoms with E-state index in [9.17, 15) is 9.90 Å². The third-order valence-electron chi connectivity index (χ3n) is 3.42. The number of carbonyl (C=O) groups excluding carboxylic acids is 1. The van der Waals surface area contributed by atoms with E-state index in [1.54, 1.807) is 18.2 Å². The number of benzene rings is 1. The zero-order valence-electron chi connectivity index (χ0n) is 9.37. The molecular formula is C12H15BrN2O2. The summed E-state index contributed by atoms with van der Waals surface area (Å²) in [5, 5.41) is 12.5. The molecule has 1 amide bonds. The molecule has 0 atom stereocenters. The molecule has 92 valence electrons. The van der Waals surface area contributed by atoms with Crippen molar-refractivity contribution in [2.24, 2.45) is 11.1 Å². The highest BCUT2D eigenvalue weighted by Crippen LogP contribution is 2.41. The molecular weight excluding hydrogens is 284 g/mol. The number of halogens is 1. The summed E-state index contributed by atoms with van der Waals surface area (Å²) in [6.07, 6.45) is 2.68. The topological polar surface area (TPSA) is 75.4 Å². The van der Waals surface area contributed by atoms with Crippen LogP contribution in [0, 0.1) is 5.41 Å². The molecule has 1 fully saturated rings. The number of amides is 1. The molecule has 0 saturated heterocycles. The summed E-state index contributed by atoms with van der Waals surface area (Å²) in [7, 11) is 0. The molecule has 1 aromatic carbocycles. The van der Waals surface area contributed by atoms with E-state index in [4.69, 9.17) is 5.73 Å². The molecule has 5 heteroatoms. The van der Waals surface area contributed by atoms with Gasteiger partial charge in [0.1, 0.15) is 0 Å². The third-order valence-corrected chi connectivity index (χ3v) is 4.06. The largest absolute Gasteiger partial charge is 0.505 e. The number of rotatable bonds is 3. The Hall–Kier alpha value is -1.07. The second kappa shape index (κ2) is 4.66. The van der Waals surface area contributed by atoms with Crippen LogP contribution >= 0.6 is 15.9 Å². The van der Waals surface area contributed by atoms with Crippen molar-refractivity contribution in [3.8, 4) is 5.75 Å². The van der Waals surface area contributed by atoms with Gasteiger partial charge in [-0.3, -0.25) is 4.79 Å². The summed E-state index contributed by atoms with van der Waals surface area (Å²) in [6.45, 7) is 0.355. The van der Waals surface area contributed by atoms with Gasteiger partial charge in [0.05, 0.1) is 15.6 Å². The van der Waals surface area contributed by atoms with Crippen molar-refractivity contribution >= 4 is 27.5 Å². The minimum absolute atomic E-state index is 0.0485. The number of hydrogen-bond donors (Lipinski definition) is 3. The zero-order valence-corrected chi connectivity index (χ0v) is 11.0. The first-order chi connectivity index (χ1) is 8.09. The highest BCUT2D eigenvalue weighted by atomic mass is 79.9. The molecule has 0 aromatic heterocycles. The molecule has 4 N–H and O–H groups in total. The number of hydrogen-bond acceptors (Lipinski definition) is 3. The van der Waals surface area contributed by atoms with Gasteiger partial charge in [0.25, 0.3) is 0 Å². The smallest absolute Gasteiger partial charge is 0.231 e. The van der Waals surface area contributed by atoms with Crippen LogP contribution < -0.4 is 11.1 Å². The molecule has 1 aliphatic carbocycles. The Morgan fingerprint density at radius 2 is 2.24 bits per heavy atom. The predicted molar refractivity (Wildman–Crippen MR) is 69.8 cm³/mol. The normalized spacial score (nSPS) is 17.3. The van der Waals surface area contributed by atoms with Gasteiger partial charge in [0, 0.05) is 6.54 Å². The van der Waals surface area contributed by atoms with Crippen molar-refractivity contribution in [1.29, 1.82) is 0 Å². The summed E-state index contributed by atoms with van der Waals surface area (Å²) in [5.41, 5.74) is 5.64. The lowest BCUT2D eigenvalue weighted by Crippen LogP contribution is -2.47. The third kappa shape index (κ3) is 2.17. The van der Waals surface area contributed by atoms with Crippen LogP contribution in [0.3, 0.4) is 0 Å². The Morgan fingerprint density at radius 3 is 2.76 bits per heavy atom. The molecule has 0 radical (unpaired) electrons. The van der Waals surface area contributed by atoms with Gasteiger partial charge in [-0.25, -0.2) is 0 Å². The number of para-hydroxylation sites is 1. The fraction of sp³-hybridized carbons (Fsp3) is 0.417. The molecule has 0 unspecified atom stereocenters. The summed E-state index contributed by atoms with van der Waals surface area (Å²) in [4.78, 5) is 12.1. The number of carbonyl (C=O) groups is 1. The molecule has 0 heterocycles. The van der Waals surface area contributed by atoms with Crippen LogP contribution in [-0.2, 0) is 4.79 Å². The first kappa shape index (κ1) is 12.4. The van der Waals surface area contributed by atoms with Crippen molar-refractivity contribution in [1.82, 2.24) is 0 Å². The standard InChI is InChI=1S/C12H15BrN2O2/c13-8-3-1-4-9(10(8)16)15-11(17)12(7-14)5-2-6-12/h1,3-4,16H,2,5-7,14H2,(H,15,17). The molecule has 1 aliphatic rings. The van der Waals surface area contributed by atoms with Crippen LogP contribution in [0.1, 0.15) is 19.3 Å². The van der Waals surface area contributed by atoms with Gasteiger partial charge in [-0.2, -0.15) is 0 Å². The molecule has 4 nitrogen and oxygen atoms in total. The number of nitrogens with one attached hydrogen (secondary N) is 1. The van der Waals surface area contributed by atoms with E-state index >= 15 is 0 Å². The number of phenolic OH excluding ortho intramolecular Hbond substituents is 1. The Labute approximate surface area is 108 Å². The van der Waals surface area contributed by atoms with Crippen molar-refractivity contribution < 1.29 is 9.90 Å². The number of phenols is 1. The molecule has 2 rings (SSSR count). The summed E-state index contributed by atoms with van der Waals surface area (Å²) >= 11 is 3.21.